The van der Waals surface area contributed by atoms with Crippen LogP contribution in [0.4, 0.5) is 0 Å². The summed E-state index contributed by atoms with van der Waals surface area (Å²) in [6.45, 7) is 15.2. The summed E-state index contributed by atoms with van der Waals surface area (Å²) in [6.07, 6.45) is 1.33. The van der Waals surface area contributed by atoms with Gasteiger partial charge in [-0.25, -0.2) is 0 Å². The standard InChI is InChI=1S/C13H28N2/c1-6-15(9-10(2)3)12-7-13(11(4)5)14-8-12/h10-14H,6-9H2,1-5H3. The molecule has 1 rings (SSSR count). The van der Waals surface area contributed by atoms with E-state index in [1.165, 1.54) is 26.1 Å². The van der Waals surface area contributed by atoms with E-state index in [1.54, 1.807) is 0 Å². The Morgan fingerprint density at radius 3 is 2.33 bits per heavy atom. The molecule has 1 saturated heterocycles. The topological polar surface area (TPSA) is 15.3 Å². The minimum Gasteiger partial charge on any atom is -0.312 e. The molecule has 0 aromatic rings. The zero-order chi connectivity index (χ0) is 11.4. The monoisotopic (exact) mass is 212 g/mol. The minimum absolute atomic E-state index is 0.733. The fraction of sp³-hybridized carbons (Fsp3) is 1.00. The maximum atomic E-state index is 3.65. The van der Waals surface area contributed by atoms with Crippen LogP contribution in [0.5, 0.6) is 0 Å². The van der Waals surface area contributed by atoms with Crippen molar-refractivity contribution < 1.29 is 0 Å². The number of hydrogen-bond acceptors (Lipinski definition) is 2. The fourth-order valence-corrected chi connectivity index (χ4v) is 2.54. The van der Waals surface area contributed by atoms with Gasteiger partial charge in [-0.15, -0.1) is 0 Å². The Hall–Kier alpha value is -0.0800. The molecule has 90 valence electrons. The van der Waals surface area contributed by atoms with E-state index in [9.17, 15) is 0 Å². The van der Waals surface area contributed by atoms with Crippen molar-refractivity contribution in [2.24, 2.45) is 11.8 Å². The lowest BCUT2D eigenvalue weighted by atomic mass is 10.0. The zero-order valence-corrected chi connectivity index (χ0v) is 11.1. The molecule has 0 saturated carbocycles. The summed E-state index contributed by atoms with van der Waals surface area (Å²) >= 11 is 0. The highest BCUT2D eigenvalue weighted by Crippen LogP contribution is 2.19. The molecule has 1 N–H and O–H groups in total. The quantitative estimate of drug-likeness (QED) is 0.752. The zero-order valence-electron chi connectivity index (χ0n) is 11.1. The van der Waals surface area contributed by atoms with Gasteiger partial charge in [-0.1, -0.05) is 34.6 Å². The van der Waals surface area contributed by atoms with Gasteiger partial charge in [0.2, 0.25) is 0 Å². The Bertz CT molecular complexity index is 177. The Balaban J connectivity index is 2.42. The van der Waals surface area contributed by atoms with Gasteiger partial charge in [0.25, 0.3) is 0 Å². The first-order chi connectivity index (χ1) is 7.04. The van der Waals surface area contributed by atoms with E-state index < -0.39 is 0 Å². The van der Waals surface area contributed by atoms with Gasteiger partial charge in [0.1, 0.15) is 0 Å². The first-order valence-electron chi connectivity index (χ1n) is 6.52. The fourth-order valence-electron chi connectivity index (χ4n) is 2.54. The summed E-state index contributed by atoms with van der Waals surface area (Å²) in [5.41, 5.74) is 0. The molecule has 0 aliphatic carbocycles. The van der Waals surface area contributed by atoms with Crippen LogP contribution >= 0.6 is 0 Å². The summed E-state index contributed by atoms with van der Waals surface area (Å²) < 4.78 is 0. The molecular formula is C13H28N2. The van der Waals surface area contributed by atoms with E-state index in [0.29, 0.717) is 0 Å². The summed E-state index contributed by atoms with van der Waals surface area (Å²) in [6, 6.07) is 1.50. The summed E-state index contributed by atoms with van der Waals surface area (Å²) in [4.78, 5) is 2.64. The van der Waals surface area contributed by atoms with Crippen molar-refractivity contribution in [2.45, 2.75) is 53.1 Å². The molecule has 1 heterocycles. The number of hydrogen-bond donors (Lipinski definition) is 1. The predicted octanol–water partition coefficient (Wildman–Crippen LogP) is 2.35. The third-order valence-electron chi connectivity index (χ3n) is 3.47. The Kier molecular flexibility index (Phi) is 5.07. The second-order valence-electron chi connectivity index (χ2n) is 5.63. The molecule has 15 heavy (non-hydrogen) atoms. The molecule has 0 spiro atoms. The maximum Gasteiger partial charge on any atom is 0.0235 e. The predicted molar refractivity (Wildman–Crippen MR) is 67.1 cm³/mol. The molecule has 1 fully saturated rings. The number of likely N-dealkylation sites (N-methyl/N-ethyl adjacent to an activating group) is 1. The van der Waals surface area contributed by atoms with E-state index in [2.05, 4.69) is 44.8 Å². The van der Waals surface area contributed by atoms with Crippen LogP contribution in [0.2, 0.25) is 0 Å². The third-order valence-corrected chi connectivity index (χ3v) is 3.47. The van der Waals surface area contributed by atoms with E-state index >= 15 is 0 Å². The molecule has 2 atom stereocenters. The van der Waals surface area contributed by atoms with Gasteiger partial charge in [-0.05, 0) is 24.8 Å². The molecule has 2 heteroatoms. The molecule has 0 bridgehead atoms. The summed E-state index contributed by atoms with van der Waals surface area (Å²) in [5.74, 6) is 1.55. The van der Waals surface area contributed by atoms with Gasteiger partial charge in [-0.3, -0.25) is 4.90 Å². The number of nitrogens with zero attached hydrogens (tertiary/aromatic N) is 1. The lowest BCUT2D eigenvalue weighted by Crippen LogP contribution is -2.39. The SMILES string of the molecule is CCN(CC(C)C)C1CNC(C(C)C)C1. The maximum absolute atomic E-state index is 3.65. The molecule has 1 aliphatic heterocycles. The largest absolute Gasteiger partial charge is 0.312 e. The van der Waals surface area contributed by atoms with E-state index in [1.807, 2.05) is 0 Å². The number of nitrogens with one attached hydrogen (secondary N) is 1. The Morgan fingerprint density at radius 2 is 1.93 bits per heavy atom. The van der Waals surface area contributed by atoms with E-state index in [-0.39, 0.29) is 0 Å². The smallest absolute Gasteiger partial charge is 0.0235 e. The highest BCUT2D eigenvalue weighted by atomic mass is 15.2. The van der Waals surface area contributed by atoms with Crippen molar-refractivity contribution in [3.8, 4) is 0 Å². The van der Waals surface area contributed by atoms with Crippen molar-refractivity contribution in [1.82, 2.24) is 10.2 Å². The van der Waals surface area contributed by atoms with Crippen LogP contribution in [-0.4, -0.2) is 36.6 Å². The second kappa shape index (κ2) is 5.86. The van der Waals surface area contributed by atoms with Gasteiger partial charge >= 0.3 is 0 Å². The van der Waals surface area contributed by atoms with Gasteiger partial charge < -0.3 is 5.32 Å². The summed E-state index contributed by atoms with van der Waals surface area (Å²) in [7, 11) is 0. The van der Waals surface area contributed by atoms with Crippen LogP contribution in [0.25, 0.3) is 0 Å². The van der Waals surface area contributed by atoms with E-state index in [4.69, 9.17) is 0 Å². The Morgan fingerprint density at radius 1 is 1.27 bits per heavy atom. The van der Waals surface area contributed by atoms with Crippen LogP contribution in [0, 0.1) is 11.8 Å². The van der Waals surface area contributed by atoms with Crippen LogP contribution in [0.3, 0.4) is 0 Å². The normalized spacial score (nSPS) is 27.2. The summed E-state index contributed by atoms with van der Waals surface area (Å²) in [5, 5.41) is 3.65. The van der Waals surface area contributed by atoms with Gasteiger partial charge in [-0.2, -0.15) is 0 Å². The molecule has 1 aliphatic rings. The lowest BCUT2D eigenvalue weighted by molar-refractivity contribution is 0.192. The van der Waals surface area contributed by atoms with Crippen LogP contribution in [0.15, 0.2) is 0 Å². The minimum atomic E-state index is 0.733. The van der Waals surface area contributed by atoms with Crippen molar-refractivity contribution in [3.05, 3.63) is 0 Å². The highest BCUT2D eigenvalue weighted by Gasteiger charge is 2.29. The van der Waals surface area contributed by atoms with Crippen LogP contribution in [-0.2, 0) is 0 Å². The second-order valence-corrected chi connectivity index (χ2v) is 5.63. The van der Waals surface area contributed by atoms with Gasteiger partial charge in [0.15, 0.2) is 0 Å². The first-order valence-corrected chi connectivity index (χ1v) is 6.52. The number of rotatable bonds is 5. The lowest BCUT2D eigenvalue weighted by Gasteiger charge is -2.29. The molecule has 2 unspecified atom stereocenters. The van der Waals surface area contributed by atoms with Crippen molar-refractivity contribution in [3.63, 3.8) is 0 Å². The van der Waals surface area contributed by atoms with Gasteiger partial charge in [0.05, 0.1) is 0 Å². The van der Waals surface area contributed by atoms with E-state index in [0.717, 1.165) is 23.9 Å². The molecule has 0 amide bonds. The molecule has 2 nitrogen and oxygen atoms in total. The van der Waals surface area contributed by atoms with Crippen molar-refractivity contribution in [2.75, 3.05) is 19.6 Å². The van der Waals surface area contributed by atoms with Gasteiger partial charge in [0, 0.05) is 25.2 Å². The first kappa shape index (κ1) is 13.0. The molecular weight excluding hydrogens is 184 g/mol. The average Bonchev–Trinajstić information content (AvgIpc) is 2.62. The highest BCUT2D eigenvalue weighted by molar-refractivity contribution is 4.89. The van der Waals surface area contributed by atoms with Crippen LogP contribution in [0.1, 0.15) is 41.0 Å². The van der Waals surface area contributed by atoms with Crippen LogP contribution < -0.4 is 5.32 Å². The molecule has 0 radical (unpaired) electrons. The Labute approximate surface area is 95.4 Å². The molecule has 0 aromatic heterocycles. The third kappa shape index (κ3) is 3.76. The average molecular weight is 212 g/mol. The molecule has 0 aromatic carbocycles. The van der Waals surface area contributed by atoms with Crippen molar-refractivity contribution >= 4 is 0 Å². The van der Waals surface area contributed by atoms with Crippen molar-refractivity contribution in [1.29, 1.82) is 0 Å².